The minimum atomic E-state index is -0.254. The monoisotopic (exact) mass is 305 g/mol. The molecular formula is C13H19N7S. The number of aromatic nitrogens is 4. The lowest BCUT2D eigenvalue weighted by Crippen LogP contribution is -2.59. The van der Waals surface area contributed by atoms with E-state index >= 15 is 0 Å². The van der Waals surface area contributed by atoms with E-state index < -0.39 is 0 Å². The summed E-state index contributed by atoms with van der Waals surface area (Å²) in [4.78, 5) is 9.54. The number of hydrogen-bond acceptors (Lipinski definition) is 6. The largest absolute Gasteiger partial charge is 0.392 e. The van der Waals surface area contributed by atoms with Crippen molar-refractivity contribution in [1.29, 1.82) is 0 Å². The van der Waals surface area contributed by atoms with E-state index in [9.17, 15) is 0 Å². The third-order valence-corrected chi connectivity index (χ3v) is 4.67. The van der Waals surface area contributed by atoms with Crippen LogP contribution in [-0.4, -0.2) is 61.2 Å². The zero-order valence-electron chi connectivity index (χ0n) is 12.2. The molecule has 0 bridgehead atoms. The lowest BCUT2D eigenvalue weighted by molar-refractivity contribution is 0.168. The molecule has 2 aromatic heterocycles. The normalized spacial score (nSPS) is 17.3. The first-order valence-electron chi connectivity index (χ1n) is 6.94. The van der Waals surface area contributed by atoms with Crippen molar-refractivity contribution in [1.82, 2.24) is 24.5 Å². The highest BCUT2D eigenvalue weighted by Crippen LogP contribution is 2.22. The van der Waals surface area contributed by atoms with Crippen LogP contribution in [0.5, 0.6) is 0 Å². The summed E-state index contributed by atoms with van der Waals surface area (Å²) in [6, 6.07) is 0. The van der Waals surface area contributed by atoms with Gasteiger partial charge in [0.2, 0.25) is 5.65 Å². The Labute approximate surface area is 128 Å². The summed E-state index contributed by atoms with van der Waals surface area (Å²) in [7, 11) is 0. The lowest BCUT2D eigenvalue weighted by Gasteiger charge is -2.43. The molecule has 0 aliphatic carbocycles. The Hall–Kier alpha value is -1.80. The van der Waals surface area contributed by atoms with Crippen LogP contribution in [0.25, 0.3) is 5.65 Å². The van der Waals surface area contributed by atoms with Gasteiger partial charge >= 0.3 is 0 Å². The topological polar surface area (TPSA) is 75.6 Å². The second-order valence-corrected chi connectivity index (χ2v) is 6.15. The standard InChI is InChI=1S/C13H19N7S/c1-13(2,12(14)21)20-7-5-18(6-8-20)10-11-17-16-9-19(11)4-3-15-10/h3-4,9H,5-8H2,1-2H3,(H2,14,21). The molecule has 0 radical (unpaired) electrons. The maximum Gasteiger partial charge on any atom is 0.203 e. The van der Waals surface area contributed by atoms with E-state index in [0.717, 1.165) is 37.6 Å². The van der Waals surface area contributed by atoms with Crippen molar-refractivity contribution in [3.63, 3.8) is 0 Å². The molecule has 0 amide bonds. The van der Waals surface area contributed by atoms with Crippen LogP contribution in [0.3, 0.4) is 0 Å². The number of rotatable bonds is 3. The highest BCUT2D eigenvalue weighted by molar-refractivity contribution is 7.80. The molecule has 112 valence electrons. The number of piperazine rings is 1. The fourth-order valence-corrected chi connectivity index (χ4v) is 2.73. The molecule has 1 aliphatic rings. The van der Waals surface area contributed by atoms with E-state index in [1.807, 2.05) is 10.6 Å². The second-order valence-electron chi connectivity index (χ2n) is 5.71. The van der Waals surface area contributed by atoms with Gasteiger partial charge in [-0.2, -0.15) is 0 Å². The van der Waals surface area contributed by atoms with Crippen LogP contribution in [-0.2, 0) is 0 Å². The Morgan fingerprint density at radius 3 is 2.67 bits per heavy atom. The molecule has 1 saturated heterocycles. The van der Waals surface area contributed by atoms with Crippen LogP contribution < -0.4 is 10.6 Å². The van der Waals surface area contributed by atoms with Crippen molar-refractivity contribution in [2.45, 2.75) is 19.4 Å². The van der Waals surface area contributed by atoms with Crippen LogP contribution in [0, 0.1) is 0 Å². The van der Waals surface area contributed by atoms with Crippen molar-refractivity contribution >= 4 is 28.7 Å². The minimum absolute atomic E-state index is 0.254. The fraction of sp³-hybridized carbons (Fsp3) is 0.538. The quantitative estimate of drug-likeness (QED) is 0.818. The molecule has 21 heavy (non-hydrogen) atoms. The van der Waals surface area contributed by atoms with Crippen LogP contribution in [0.2, 0.25) is 0 Å². The summed E-state index contributed by atoms with van der Waals surface area (Å²) in [6.07, 6.45) is 5.31. The van der Waals surface area contributed by atoms with Crippen LogP contribution in [0.4, 0.5) is 5.82 Å². The summed E-state index contributed by atoms with van der Waals surface area (Å²) in [5.41, 5.74) is 6.39. The van der Waals surface area contributed by atoms with Gasteiger partial charge in [0.05, 0.1) is 10.5 Å². The second kappa shape index (κ2) is 5.19. The SMILES string of the molecule is CC(C)(C(N)=S)N1CCN(c2nccn3cnnc23)CC1. The first-order valence-corrected chi connectivity index (χ1v) is 7.35. The first kappa shape index (κ1) is 14.2. The minimum Gasteiger partial charge on any atom is -0.392 e. The van der Waals surface area contributed by atoms with Gasteiger partial charge in [-0.15, -0.1) is 10.2 Å². The van der Waals surface area contributed by atoms with E-state index in [1.165, 1.54) is 0 Å². The average Bonchev–Trinajstić information content (AvgIpc) is 2.95. The van der Waals surface area contributed by atoms with E-state index in [0.29, 0.717) is 4.99 Å². The summed E-state index contributed by atoms with van der Waals surface area (Å²) in [6.45, 7) is 7.66. The molecule has 2 aromatic rings. The maximum atomic E-state index is 5.85. The van der Waals surface area contributed by atoms with Gasteiger partial charge in [-0.05, 0) is 13.8 Å². The third-order valence-electron chi connectivity index (χ3n) is 4.17. The molecule has 2 N–H and O–H groups in total. The van der Waals surface area contributed by atoms with Gasteiger partial charge in [-0.1, -0.05) is 12.2 Å². The lowest BCUT2D eigenvalue weighted by atomic mass is 10.0. The zero-order valence-corrected chi connectivity index (χ0v) is 13.0. The van der Waals surface area contributed by atoms with Crippen LogP contribution >= 0.6 is 12.2 Å². The molecule has 1 aliphatic heterocycles. The van der Waals surface area contributed by atoms with Gasteiger partial charge in [0.1, 0.15) is 6.33 Å². The van der Waals surface area contributed by atoms with E-state index in [1.54, 1.807) is 12.5 Å². The molecule has 0 atom stereocenters. The summed E-state index contributed by atoms with van der Waals surface area (Å²) < 4.78 is 1.88. The zero-order chi connectivity index (χ0) is 15.0. The molecular weight excluding hydrogens is 286 g/mol. The van der Waals surface area contributed by atoms with E-state index in [-0.39, 0.29) is 5.54 Å². The van der Waals surface area contributed by atoms with Gasteiger partial charge in [0.25, 0.3) is 0 Å². The molecule has 8 heteroatoms. The molecule has 0 unspecified atom stereocenters. The number of nitrogens with two attached hydrogens (primary N) is 1. The van der Waals surface area contributed by atoms with Crippen molar-refractivity contribution in [3.8, 4) is 0 Å². The van der Waals surface area contributed by atoms with Crippen molar-refractivity contribution in [3.05, 3.63) is 18.7 Å². The number of hydrogen-bond donors (Lipinski definition) is 1. The fourth-order valence-electron chi connectivity index (χ4n) is 2.60. The molecule has 0 spiro atoms. The van der Waals surface area contributed by atoms with Crippen molar-refractivity contribution < 1.29 is 0 Å². The Balaban J connectivity index is 1.77. The van der Waals surface area contributed by atoms with Crippen LogP contribution in [0.1, 0.15) is 13.8 Å². The van der Waals surface area contributed by atoms with Gasteiger partial charge in [-0.25, -0.2) is 4.98 Å². The molecule has 1 fully saturated rings. The van der Waals surface area contributed by atoms with Crippen LogP contribution in [0.15, 0.2) is 18.7 Å². The number of anilines is 1. The summed E-state index contributed by atoms with van der Waals surface area (Å²) in [5, 5.41) is 8.08. The Bertz CT molecular complexity index is 657. The van der Waals surface area contributed by atoms with Crippen molar-refractivity contribution in [2.75, 3.05) is 31.1 Å². The van der Waals surface area contributed by atoms with Gasteiger partial charge in [-0.3, -0.25) is 9.30 Å². The molecule has 0 aromatic carbocycles. The highest BCUT2D eigenvalue weighted by Gasteiger charge is 2.33. The van der Waals surface area contributed by atoms with Gasteiger partial charge in [0.15, 0.2) is 5.82 Å². The van der Waals surface area contributed by atoms with E-state index in [2.05, 4.69) is 38.8 Å². The molecule has 3 rings (SSSR count). The van der Waals surface area contributed by atoms with Crippen molar-refractivity contribution in [2.24, 2.45) is 5.73 Å². The Morgan fingerprint density at radius 1 is 1.29 bits per heavy atom. The third kappa shape index (κ3) is 2.44. The van der Waals surface area contributed by atoms with Gasteiger partial charge < -0.3 is 10.6 Å². The Morgan fingerprint density at radius 2 is 2.00 bits per heavy atom. The summed E-state index contributed by atoms with van der Waals surface area (Å²) in [5.74, 6) is 0.878. The smallest absolute Gasteiger partial charge is 0.203 e. The predicted molar refractivity (Wildman–Crippen MR) is 85.4 cm³/mol. The number of nitrogens with zero attached hydrogens (tertiary/aromatic N) is 6. The van der Waals surface area contributed by atoms with Gasteiger partial charge in [0, 0.05) is 38.6 Å². The first-order chi connectivity index (χ1) is 10.00. The predicted octanol–water partition coefficient (Wildman–Crippen LogP) is 0.311. The number of fused-ring (bicyclic) bond motifs is 1. The molecule has 3 heterocycles. The molecule has 0 saturated carbocycles. The maximum absolute atomic E-state index is 5.85. The summed E-state index contributed by atoms with van der Waals surface area (Å²) >= 11 is 5.18. The highest BCUT2D eigenvalue weighted by atomic mass is 32.1. The number of thiocarbonyl (C=S) groups is 1. The van der Waals surface area contributed by atoms with E-state index in [4.69, 9.17) is 18.0 Å². The Kier molecular flexibility index (Phi) is 3.50. The average molecular weight is 305 g/mol. The molecule has 7 nitrogen and oxygen atoms in total.